The van der Waals surface area contributed by atoms with Gasteiger partial charge in [-0.15, -0.1) is 4.28 Å². The van der Waals surface area contributed by atoms with Crippen molar-refractivity contribution in [2.75, 3.05) is 0 Å². The van der Waals surface area contributed by atoms with Crippen molar-refractivity contribution in [3.63, 3.8) is 0 Å². The molecule has 0 heterocycles. The van der Waals surface area contributed by atoms with Crippen LogP contribution in [0.2, 0.25) is 0 Å². The van der Waals surface area contributed by atoms with Crippen LogP contribution in [-0.2, 0) is 20.8 Å². The van der Waals surface area contributed by atoms with Crippen LogP contribution in [-0.4, -0.2) is 8.42 Å². The Balaban J connectivity index is 1.62. The molecule has 5 heteroatoms. The molecule has 0 fully saturated rings. The number of aryl methyl sites for hydroxylation is 1. The zero-order valence-corrected chi connectivity index (χ0v) is 14.5. The molecule has 1 aliphatic carbocycles. The molecule has 0 spiro atoms. The largest absolute Gasteiger partial charge is 0.317 e. The van der Waals surface area contributed by atoms with E-state index in [4.69, 9.17) is 4.28 Å². The maximum atomic E-state index is 12.4. The van der Waals surface area contributed by atoms with E-state index in [1.807, 2.05) is 37.3 Å². The van der Waals surface area contributed by atoms with Crippen LogP contribution in [0.3, 0.4) is 0 Å². The quantitative estimate of drug-likeness (QED) is 0.723. The van der Waals surface area contributed by atoms with Gasteiger partial charge in [0.05, 0.1) is 10.6 Å². The van der Waals surface area contributed by atoms with Gasteiger partial charge < -0.3 is 0 Å². The first-order valence-corrected chi connectivity index (χ1v) is 9.43. The van der Waals surface area contributed by atoms with Gasteiger partial charge in [0.2, 0.25) is 0 Å². The average Bonchev–Trinajstić information content (AvgIpc) is 3.04. The van der Waals surface area contributed by atoms with Crippen LogP contribution in [0.5, 0.6) is 0 Å². The Labute approximate surface area is 146 Å². The summed E-state index contributed by atoms with van der Waals surface area (Å²) in [5.74, 6) is 0. The van der Waals surface area contributed by atoms with Gasteiger partial charge in [0, 0.05) is 5.56 Å². The van der Waals surface area contributed by atoms with Crippen molar-refractivity contribution < 1.29 is 12.7 Å². The first kappa shape index (κ1) is 15.9. The van der Waals surface area contributed by atoms with Crippen molar-refractivity contribution in [3.05, 3.63) is 83.4 Å². The van der Waals surface area contributed by atoms with Gasteiger partial charge in [-0.3, -0.25) is 0 Å². The van der Waals surface area contributed by atoms with Crippen molar-refractivity contribution in [2.45, 2.75) is 18.2 Å². The molecule has 4 rings (SSSR count). The number of fused-ring (bicyclic) bond motifs is 3. The van der Waals surface area contributed by atoms with E-state index in [-0.39, 0.29) is 4.90 Å². The van der Waals surface area contributed by atoms with Crippen LogP contribution in [0.4, 0.5) is 0 Å². The molecule has 0 aromatic heterocycles. The minimum absolute atomic E-state index is 0.127. The first-order chi connectivity index (χ1) is 12.0. The number of allylic oxidation sites excluding steroid dienone is 1. The zero-order valence-electron chi connectivity index (χ0n) is 13.7. The molecule has 126 valence electrons. The number of hydroxylamine groups is 1. The first-order valence-electron chi connectivity index (χ1n) is 8.02. The maximum absolute atomic E-state index is 12.4. The predicted molar refractivity (Wildman–Crippen MR) is 98.2 cm³/mol. The minimum atomic E-state index is -3.87. The van der Waals surface area contributed by atoms with Crippen LogP contribution in [0.1, 0.15) is 16.7 Å². The molecule has 0 saturated carbocycles. The summed E-state index contributed by atoms with van der Waals surface area (Å²) in [4.78, 5) is 0.127. The summed E-state index contributed by atoms with van der Waals surface area (Å²) >= 11 is 0. The molecule has 25 heavy (non-hydrogen) atoms. The lowest BCUT2D eigenvalue weighted by molar-refractivity contribution is 0.259. The molecule has 3 aromatic rings. The molecule has 0 bridgehead atoms. The second-order valence-electron chi connectivity index (χ2n) is 6.10. The lowest BCUT2D eigenvalue weighted by Crippen LogP contribution is -2.19. The van der Waals surface area contributed by atoms with Crippen molar-refractivity contribution in [3.8, 4) is 0 Å². The monoisotopic (exact) mass is 351 g/mol. The molecule has 1 N–H and O–H groups in total. The van der Waals surface area contributed by atoms with E-state index < -0.39 is 10.1 Å². The molecule has 4 nitrogen and oxygen atoms in total. The van der Waals surface area contributed by atoms with E-state index in [0.717, 1.165) is 33.9 Å². The Morgan fingerprint density at radius 1 is 0.960 bits per heavy atom. The second-order valence-corrected chi connectivity index (χ2v) is 7.64. The number of hydrogen-bond acceptors (Lipinski definition) is 4. The lowest BCUT2D eigenvalue weighted by Gasteiger charge is -2.12. The van der Waals surface area contributed by atoms with Crippen LogP contribution in [0.25, 0.3) is 16.5 Å². The normalized spacial score (nSPS) is 13.6. The summed E-state index contributed by atoms with van der Waals surface area (Å²) in [6.45, 7) is 1.90. The molecule has 3 aromatic carbocycles. The van der Waals surface area contributed by atoms with Gasteiger partial charge in [0.25, 0.3) is 0 Å². The number of nitrogens with one attached hydrogen (secondary N) is 1. The standard InChI is InChI=1S/C20H17NO3S/c1-14-6-11-17(12-7-14)25(22,23)24-21-19-13-10-16-9-8-15-4-2-3-5-18(15)20(16)19/h2-9,11-13,21H,10H2,1H3. The fourth-order valence-electron chi connectivity index (χ4n) is 3.06. The summed E-state index contributed by atoms with van der Waals surface area (Å²) in [7, 11) is -3.87. The van der Waals surface area contributed by atoms with E-state index in [1.54, 1.807) is 24.3 Å². The molecule has 0 radical (unpaired) electrons. The van der Waals surface area contributed by atoms with Gasteiger partial charge >= 0.3 is 10.1 Å². The molecular formula is C20H17NO3S. The molecule has 0 atom stereocenters. The highest BCUT2D eigenvalue weighted by molar-refractivity contribution is 7.86. The fourth-order valence-corrected chi connectivity index (χ4v) is 3.83. The zero-order chi connectivity index (χ0) is 17.4. The van der Waals surface area contributed by atoms with Crippen LogP contribution >= 0.6 is 0 Å². The van der Waals surface area contributed by atoms with Gasteiger partial charge in [-0.2, -0.15) is 8.42 Å². The van der Waals surface area contributed by atoms with Crippen molar-refractivity contribution in [1.82, 2.24) is 5.48 Å². The van der Waals surface area contributed by atoms with Gasteiger partial charge in [-0.1, -0.05) is 60.2 Å². The second kappa shape index (κ2) is 6.02. The molecular weight excluding hydrogens is 334 g/mol. The van der Waals surface area contributed by atoms with Crippen LogP contribution in [0, 0.1) is 6.92 Å². The Kier molecular flexibility index (Phi) is 3.82. The van der Waals surface area contributed by atoms with Gasteiger partial charge in [0.1, 0.15) is 0 Å². The number of benzene rings is 3. The maximum Gasteiger partial charge on any atom is 0.317 e. The molecule has 0 amide bonds. The minimum Gasteiger partial charge on any atom is -0.249 e. The van der Waals surface area contributed by atoms with Crippen molar-refractivity contribution in [2.24, 2.45) is 0 Å². The van der Waals surface area contributed by atoms with Crippen molar-refractivity contribution >= 4 is 26.6 Å². The van der Waals surface area contributed by atoms with E-state index >= 15 is 0 Å². The number of rotatable bonds is 4. The molecule has 0 aliphatic heterocycles. The van der Waals surface area contributed by atoms with Crippen LogP contribution < -0.4 is 5.48 Å². The SMILES string of the molecule is Cc1ccc(S(=O)(=O)ONC2=CCc3ccc4ccccc4c32)cc1. The highest BCUT2D eigenvalue weighted by Crippen LogP contribution is 2.33. The molecule has 0 saturated heterocycles. The Bertz CT molecular complexity index is 1080. The smallest absolute Gasteiger partial charge is 0.249 e. The summed E-state index contributed by atoms with van der Waals surface area (Å²) in [6.07, 6.45) is 2.69. The average molecular weight is 351 g/mol. The lowest BCUT2D eigenvalue weighted by atomic mass is 10.00. The topological polar surface area (TPSA) is 55.4 Å². The summed E-state index contributed by atoms with van der Waals surface area (Å²) < 4.78 is 29.8. The third-order valence-electron chi connectivity index (χ3n) is 4.38. The Morgan fingerprint density at radius 2 is 1.72 bits per heavy atom. The van der Waals surface area contributed by atoms with Crippen LogP contribution in [0.15, 0.2) is 71.6 Å². The molecule has 0 unspecified atom stereocenters. The van der Waals surface area contributed by atoms with Crippen molar-refractivity contribution in [1.29, 1.82) is 0 Å². The fraction of sp³-hybridized carbons (Fsp3) is 0.100. The highest BCUT2D eigenvalue weighted by atomic mass is 32.2. The number of hydrogen-bond donors (Lipinski definition) is 1. The summed E-state index contributed by atoms with van der Waals surface area (Å²) in [6, 6.07) is 18.7. The third-order valence-corrected chi connectivity index (χ3v) is 5.53. The molecule has 1 aliphatic rings. The third kappa shape index (κ3) is 2.92. The van der Waals surface area contributed by atoms with E-state index in [9.17, 15) is 8.42 Å². The van der Waals surface area contributed by atoms with Gasteiger partial charge in [-0.05, 0) is 41.8 Å². The van der Waals surface area contributed by atoms with E-state index in [0.29, 0.717) is 5.70 Å². The predicted octanol–water partition coefficient (Wildman–Crippen LogP) is 3.96. The van der Waals surface area contributed by atoms with Gasteiger partial charge in [-0.25, -0.2) is 5.48 Å². The highest BCUT2D eigenvalue weighted by Gasteiger charge is 2.21. The van der Waals surface area contributed by atoms with E-state index in [2.05, 4.69) is 17.6 Å². The van der Waals surface area contributed by atoms with Gasteiger partial charge in [0.15, 0.2) is 0 Å². The summed E-state index contributed by atoms with van der Waals surface area (Å²) in [5, 5.41) is 2.19. The Morgan fingerprint density at radius 3 is 2.52 bits per heavy atom. The summed E-state index contributed by atoms with van der Waals surface area (Å²) in [5.41, 5.74) is 6.48. The van der Waals surface area contributed by atoms with E-state index in [1.165, 1.54) is 0 Å². The Hall–Kier alpha value is -2.63.